The zero-order chi connectivity index (χ0) is 15.2. The van der Waals surface area contributed by atoms with E-state index in [9.17, 15) is 0 Å². The number of nitrogens with zero attached hydrogens (tertiary/aromatic N) is 1. The van der Waals surface area contributed by atoms with Gasteiger partial charge in [0.2, 0.25) is 0 Å². The van der Waals surface area contributed by atoms with Crippen LogP contribution in [0.1, 0.15) is 31.9 Å². The maximum atomic E-state index is 4.40. The quantitative estimate of drug-likeness (QED) is 0.626. The van der Waals surface area contributed by atoms with Crippen LogP contribution in [0.4, 0.5) is 0 Å². The van der Waals surface area contributed by atoms with Gasteiger partial charge < -0.3 is 5.32 Å². The number of pyridine rings is 1. The summed E-state index contributed by atoms with van der Waals surface area (Å²) in [5.41, 5.74) is 1.29. The molecule has 0 amide bonds. The predicted octanol–water partition coefficient (Wildman–Crippen LogP) is 5.82. The van der Waals surface area contributed by atoms with Gasteiger partial charge in [0.15, 0.2) is 0 Å². The van der Waals surface area contributed by atoms with Gasteiger partial charge in [-0.2, -0.15) is 0 Å². The molecule has 1 heterocycles. The van der Waals surface area contributed by atoms with Crippen molar-refractivity contribution in [2.24, 2.45) is 0 Å². The van der Waals surface area contributed by atoms with Gasteiger partial charge in [0.1, 0.15) is 5.03 Å². The molecule has 2 rings (SSSR count). The molecule has 0 saturated heterocycles. The van der Waals surface area contributed by atoms with Gasteiger partial charge in [0.05, 0.1) is 4.47 Å². The summed E-state index contributed by atoms with van der Waals surface area (Å²) in [5.74, 6) is 0. The molecule has 1 N–H and O–H groups in total. The highest BCUT2D eigenvalue weighted by Gasteiger charge is 2.10. The van der Waals surface area contributed by atoms with Crippen LogP contribution in [0.5, 0.6) is 0 Å². The topological polar surface area (TPSA) is 24.9 Å². The van der Waals surface area contributed by atoms with E-state index in [-0.39, 0.29) is 0 Å². The smallest absolute Gasteiger partial charge is 0.115 e. The van der Waals surface area contributed by atoms with Gasteiger partial charge in [-0.3, -0.25) is 0 Å². The highest BCUT2D eigenvalue weighted by Crippen LogP contribution is 2.36. The van der Waals surface area contributed by atoms with E-state index >= 15 is 0 Å². The molecule has 0 aliphatic carbocycles. The molecule has 2 nitrogen and oxygen atoms in total. The average Bonchev–Trinajstić information content (AvgIpc) is 2.49. The molecule has 2 aromatic rings. The summed E-state index contributed by atoms with van der Waals surface area (Å²) < 4.78 is 2.12. The summed E-state index contributed by atoms with van der Waals surface area (Å²) in [5, 5.41) is 4.48. The third kappa shape index (κ3) is 4.81. The summed E-state index contributed by atoms with van der Waals surface area (Å²) in [7, 11) is 0. The van der Waals surface area contributed by atoms with Gasteiger partial charge in [-0.05, 0) is 81.6 Å². The summed E-state index contributed by atoms with van der Waals surface area (Å²) >= 11 is 8.86. The lowest BCUT2D eigenvalue weighted by atomic mass is 10.1. The van der Waals surface area contributed by atoms with E-state index in [4.69, 9.17) is 0 Å². The van der Waals surface area contributed by atoms with Gasteiger partial charge in [-0.15, -0.1) is 0 Å². The van der Waals surface area contributed by atoms with Crippen LogP contribution in [0.25, 0.3) is 0 Å². The molecule has 0 aliphatic heterocycles. The zero-order valence-corrected chi connectivity index (χ0v) is 16.1. The van der Waals surface area contributed by atoms with Gasteiger partial charge in [-0.25, -0.2) is 4.98 Å². The Morgan fingerprint density at radius 3 is 2.71 bits per heavy atom. The summed E-state index contributed by atoms with van der Waals surface area (Å²) in [4.78, 5) is 5.56. The second-order valence-corrected chi connectivity index (χ2v) is 7.50. The van der Waals surface area contributed by atoms with E-state index in [1.54, 1.807) is 11.8 Å². The maximum absolute atomic E-state index is 4.40. The summed E-state index contributed by atoms with van der Waals surface area (Å²) in [6.07, 6.45) is 2.96. The van der Waals surface area contributed by atoms with Crippen molar-refractivity contribution in [2.75, 3.05) is 6.54 Å². The first kappa shape index (κ1) is 17.0. The van der Waals surface area contributed by atoms with E-state index in [2.05, 4.69) is 74.2 Å². The number of nitrogens with one attached hydrogen (secondary N) is 1. The summed E-state index contributed by atoms with van der Waals surface area (Å²) in [6.45, 7) is 5.41. The third-order valence-corrected chi connectivity index (χ3v) is 6.00. The lowest BCUT2D eigenvalue weighted by Crippen LogP contribution is -2.19. The lowest BCUT2D eigenvalue weighted by molar-refractivity contribution is 0.570. The van der Waals surface area contributed by atoms with Crippen molar-refractivity contribution in [1.29, 1.82) is 0 Å². The molecule has 1 unspecified atom stereocenters. The molecular formula is C16H18Br2N2S. The molecule has 1 aromatic carbocycles. The van der Waals surface area contributed by atoms with E-state index < -0.39 is 0 Å². The maximum Gasteiger partial charge on any atom is 0.115 e. The minimum absolute atomic E-state index is 0.363. The Labute approximate surface area is 147 Å². The standard InChI is InChI=1S/C16H18Br2N2S/c1-3-8-19-11(2)12-6-7-15(14(18)10-12)21-16-13(17)5-4-9-20-16/h4-7,9-11,19H,3,8H2,1-2H3. The van der Waals surface area contributed by atoms with Crippen molar-refractivity contribution in [2.45, 2.75) is 36.2 Å². The predicted molar refractivity (Wildman–Crippen MR) is 96.9 cm³/mol. The number of rotatable bonds is 6. The highest BCUT2D eigenvalue weighted by atomic mass is 79.9. The molecule has 0 fully saturated rings. The number of aromatic nitrogens is 1. The van der Waals surface area contributed by atoms with Crippen molar-refractivity contribution in [1.82, 2.24) is 10.3 Å². The van der Waals surface area contributed by atoms with Crippen LogP contribution < -0.4 is 5.32 Å². The Morgan fingerprint density at radius 1 is 1.24 bits per heavy atom. The van der Waals surface area contributed by atoms with Gasteiger partial charge in [0.25, 0.3) is 0 Å². The number of hydrogen-bond acceptors (Lipinski definition) is 3. The van der Waals surface area contributed by atoms with Crippen molar-refractivity contribution in [3.63, 3.8) is 0 Å². The second-order valence-electron chi connectivity index (χ2n) is 4.76. The summed E-state index contributed by atoms with van der Waals surface area (Å²) in [6, 6.07) is 10.8. The Kier molecular flexibility index (Phi) is 6.74. The van der Waals surface area contributed by atoms with Crippen LogP contribution in [0.15, 0.2) is 55.4 Å². The normalized spacial score (nSPS) is 12.4. The minimum atomic E-state index is 0.363. The number of benzene rings is 1. The monoisotopic (exact) mass is 428 g/mol. The Hall–Kier alpha value is -0.360. The molecular weight excluding hydrogens is 412 g/mol. The van der Waals surface area contributed by atoms with Crippen molar-refractivity contribution < 1.29 is 0 Å². The highest BCUT2D eigenvalue weighted by molar-refractivity contribution is 9.11. The van der Waals surface area contributed by atoms with E-state index in [1.807, 2.05) is 18.3 Å². The van der Waals surface area contributed by atoms with Crippen molar-refractivity contribution in [3.8, 4) is 0 Å². The molecule has 1 aromatic heterocycles. The van der Waals surface area contributed by atoms with Crippen LogP contribution in [0, 0.1) is 0 Å². The molecule has 0 bridgehead atoms. The minimum Gasteiger partial charge on any atom is -0.310 e. The molecule has 5 heteroatoms. The van der Waals surface area contributed by atoms with E-state index in [0.717, 1.165) is 26.9 Å². The molecule has 0 spiro atoms. The SMILES string of the molecule is CCCNC(C)c1ccc(Sc2ncccc2Br)c(Br)c1. The lowest BCUT2D eigenvalue weighted by Gasteiger charge is -2.15. The first-order chi connectivity index (χ1) is 10.1. The molecule has 21 heavy (non-hydrogen) atoms. The van der Waals surface area contributed by atoms with Gasteiger partial charge >= 0.3 is 0 Å². The Morgan fingerprint density at radius 2 is 2.05 bits per heavy atom. The first-order valence-corrected chi connectivity index (χ1v) is 9.33. The van der Waals surface area contributed by atoms with Crippen LogP contribution in [0.2, 0.25) is 0 Å². The Balaban J connectivity index is 2.14. The van der Waals surface area contributed by atoms with Gasteiger partial charge in [-0.1, -0.05) is 24.8 Å². The van der Waals surface area contributed by atoms with Crippen LogP contribution in [-0.4, -0.2) is 11.5 Å². The third-order valence-electron chi connectivity index (χ3n) is 3.09. The molecule has 1 atom stereocenters. The first-order valence-electron chi connectivity index (χ1n) is 6.93. The fraction of sp³-hybridized carbons (Fsp3) is 0.312. The Bertz CT molecular complexity index is 605. The van der Waals surface area contributed by atoms with Gasteiger partial charge in [0, 0.05) is 21.6 Å². The zero-order valence-electron chi connectivity index (χ0n) is 12.1. The average molecular weight is 430 g/mol. The largest absolute Gasteiger partial charge is 0.310 e. The van der Waals surface area contributed by atoms with E-state index in [1.165, 1.54) is 10.5 Å². The number of hydrogen-bond donors (Lipinski definition) is 1. The van der Waals surface area contributed by atoms with Crippen LogP contribution >= 0.6 is 43.6 Å². The number of halogens is 2. The second kappa shape index (κ2) is 8.32. The van der Waals surface area contributed by atoms with Crippen LogP contribution in [0.3, 0.4) is 0 Å². The fourth-order valence-electron chi connectivity index (χ4n) is 1.90. The van der Waals surface area contributed by atoms with E-state index in [0.29, 0.717) is 6.04 Å². The molecule has 0 radical (unpaired) electrons. The fourth-order valence-corrected chi connectivity index (χ4v) is 3.82. The van der Waals surface area contributed by atoms with Crippen molar-refractivity contribution >= 4 is 43.6 Å². The van der Waals surface area contributed by atoms with Crippen molar-refractivity contribution in [3.05, 3.63) is 51.0 Å². The molecule has 0 saturated carbocycles. The molecule has 112 valence electrons. The van der Waals surface area contributed by atoms with Crippen LogP contribution in [-0.2, 0) is 0 Å². The molecule has 0 aliphatic rings.